The average molecular weight is 408 g/mol. The van der Waals surface area contributed by atoms with Gasteiger partial charge in [0.25, 0.3) is 0 Å². The highest BCUT2D eigenvalue weighted by Crippen LogP contribution is 2.43. The largest absolute Gasteiger partial charge is 0.491 e. The first-order valence-corrected chi connectivity index (χ1v) is 10.1. The van der Waals surface area contributed by atoms with E-state index in [1.807, 2.05) is 42.5 Å². The molecular weight excluding hydrogens is 384 g/mol. The van der Waals surface area contributed by atoms with Gasteiger partial charge in [-0.25, -0.2) is 4.79 Å². The maximum absolute atomic E-state index is 12.5. The number of carbonyl (C=O) groups excluding carboxylic acids is 2. The second kappa shape index (κ2) is 9.13. The summed E-state index contributed by atoms with van der Waals surface area (Å²) in [6.45, 7) is 0.102. The summed E-state index contributed by atoms with van der Waals surface area (Å²) >= 11 is 0. The van der Waals surface area contributed by atoms with Crippen LogP contribution in [0.4, 0.5) is 0 Å². The van der Waals surface area contributed by atoms with Crippen LogP contribution in [0.3, 0.4) is 0 Å². The van der Waals surface area contributed by atoms with E-state index in [-0.39, 0.29) is 36.9 Å². The smallest absolute Gasteiger partial charge is 0.338 e. The van der Waals surface area contributed by atoms with Gasteiger partial charge >= 0.3 is 11.9 Å². The Kier molecular flexibility index (Phi) is 6.14. The Morgan fingerprint density at radius 3 is 2.57 bits per heavy atom. The second-order valence-corrected chi connectivity index (χ2v) is 7.60. The number of hydrogen-bond acceptors (Lipinski definition) is 6. The number of esters is 2. The highest BCUT2D eigenvalue weighted by Gasteiger charge is 2.50. The Morgan fingerprint density at radius 1 is 1.13 bits per heavy atom. The third-order valence-electron chi connectivity index (χ3n) is 5.54. The van der Waals surface area contributed by atoms with E-state index >= 15 is 0 Å². The summed E-state index contributed by atoms with van der Waals surface area (Å²) < 4.78 is 16.7. The summed E-state index contributed by atoms with van der Waals surface area (Å²) in [5, 5.41) is 10.3. The molecular formula is C24H24O6. The SMILES string of the molecule is O=C1C[C@@H]2[C@@H](C=C[C@H](O)COc3ccccc3)[C@H](OC(=O)c3ccccc3)C[C@@H]2O1. The molecule has 0 unspecified atom stereocenters. The monoisotopic (exact) mass is 408 g/mol. The molecule has 156 valence electrons. The lowest BCUT2D eigenvalue weighted by Crippen LogP contribution is -2.25. The molecule has 0 bridgehead atoms. The fraction of sp³-hybridized carbons (Fsp3) is 0.333. The van der Waals surface area contributed by atoms with Gasteiger partial charge in [-0.3, -0.25) is 4.79 Å². The highest BCUT2D eigenvalue weighted by molar-refractivity contribution is 5.89. The Hall–Kier alpha value is -3.12. The van der Waals surface area contributed by atoms with Crippen LogP contribution in [0.15, 0.2) is 72.8 Å². The summed E-state index contributed by atoms with van der Waals surface area (Å²) in [4.78, 5) is 24.2. The molecule has 2 aromatic rings. The van der Waals surface area contributed by atoms with Crippen molar-refractivity contribution >= 4 is 11.9 Å². The molecule has 1 saturated carbocycles. The molecule has 5 atom stereocenters. The zero-order valence-corrected chi connectivity index (χ0v) is 16.4. The fourth-order valence-electron chi connectivity index (χ4n) is 4.08. The van der Waals surface area contributed by atoms with Crippen LogP contribution in [0.25, 0.3) is 0 Å². The van der Waals surface area contributed by atoms with Crippen LogP contribution in [0.1, 0.15) is 23.2 Å². The maximum atomic E-state index is 12.5. The average Bonchev–Trinajstić information content (AvgIpc) is 3.27. The van der Waals surface area contributed by atoms with Gasteiger partial charge in [-0.1, -0.05) is 48.6 Å². The van der Waals surface area contributed by atoms with Crippen molar-refractivity contribution < 1.29 is 28.9 Å². The van der Waals surface area contributed by atoms with Gasteiger partial charge in [0, 0.05) is 18.3 Å². The molecule has 0 spiro atoms. The van der Waals surface area contributed by atoms with Crippen molar-refractivity contribution in [2.45, 2.75) is 31.2 Å². The highest BCUT2D eigenvalue weighted by atomic mass is 16.6. The third-order valence-corrected chi connectivity index (χ3v) is 5.54. The molecule has 1 aliphatic carbocycles. The van der Waals surface area contributed by atoms with Crippen molar-refractivity contribution in [3.05, 3.63) is 78.4 Å². The Bertz CT molecular complexity index is 894. The zero-order valence-electron chi connectivity index (χ0n) is 16.4. The lowest BCUT2D eigenvalue weighted by Gasteiger charge is -2.20. The van der Waals surface area contributed by atoms with E-state index in [0.29, 0.717) is 17.7 Å². The minimum Gasteiger partial charge on any atom is -0.491 e. The number of fused-ring (bicyclic) bond motifs is 1. The van der Waals surface area contributed by atoms with E-state index in [2.05, 4.69) is 0 Å². The Balaban J connectivity index is 1.41. The quantitative estimate of drug-likeness (QED) is 0.560. The molecule has 2 aliphatic rings. The normalized spacial score (nSPS) is 26.2. The number of aliphatic hydroxyl groups excluding tert-OH is 1. The van der Waals surface area contributed by atoms with Crippen molar-refractivity contribution in [1.82, 2.24) is 0 Å². The van der Waals surface area contributed by atoms with Crippen LogP contribution in [0, 0.1) is 11.8 Å². The topological polar surface area (TPSA) is 82.1 Å². The molecule has 1 saturated heterocycles. The summed E-state index contributed by atoms with van der Waals surface area (Å²) in [6, 6.07) is 18.0. The molecule has 0 amide bonds. The fourth-order valence-corrected chi connectivity index (χ4v) is 4.08. The molecule has 4 rings (SSSR count). The van der Waals surface area contributed by atoms with Crippen LogP contribution in [0.5, 0.6) is 5.75 Å². The van der Waals surface area contributed by atoms with Crippen LogP contribution >= 0.6 is 0 Å². The third kappa shape index (κ3) is 4.71. The van der Waals surface area contributed by atoms with Crippen molar-refractivity contribution in [2.24, 2.45) is 11.8 Å². The summed E-state index contributed by atoms with van der Waals surface area (Å²) in [6.07, 6.45) is 2.71. The first-order valence-electron chi connectivity index (χ1n) is 10.1. The second-order valence-electron chi connectivity index (χ2n) is 7.60. The van der Waals surface area contributed by atoms with Gasteiger partial charge in [-0.15, -0.1) is 0 Å². The van der Waals surface area contributed by atoms with E-state index in [0.717, 1.165) is 0 Å². The lowest BCUT2D eigenvalue weighted by molar-refractivity contribution is -0.141. The van der Waals surface area contributed by atoms with Crippen LogP contribution in [-0.4, -0.2) is 42.0 Å². The molecule has 0 aromatic heterocycles. The first kappa shape index (κ1) is 20.2. The summed E-state index contributed by atoms with van der Waals surface area (Å²) in [5.41, 5.74) is 0.477. The van der Waals surface area contributed by atoms with Crippen LogP contribution < -0.4 is 4.74 Å². The van der Waals surface area contributed by atoms with Gasteiger partial charge < -0.3 is 19.3 Å². The first-order chi connectivity index (χ1) is 14.6. The number of benzene rings is 2. The molecule has 30 heavy (non-hydrogen) atoms. The Labute approximate surface area is 175 Å². The van der Waals surface area contributed by atoms with E-state index < -0.39 is 18.2 Å². The predicted molar refractivity (Wildman–Crippen MR) is 109 cm³/mol. The molecule has 6 heteroatoms. The number of aliphatic hydroxyl groups is 1. The summed E-state index contributed by atoms with van der Waals surface area (Å²) in [7, 11) is 0. The van der Waals surface area contributed by atoms with Crippen LogP contribution in [-0.2, 0) is 14.3 Å². The molecule has 1 heterocycles. The van der Waals surface area contributed by atoms with Gasteiger partial charge in [-0.05, 0) is 24.3 Å². The number of rotatable bonds is 7. The van der Waals surface area contributed by atoms with Crippen molar-refractivity contribution in [1.29, 1.82) is 0 Å². The van der Waals surface area contributed by atoms with Crippen LogP contribution in [0.2, 0.25) is 0 Å². The summed E-state index contributed by atoms with van der Waals surface area (Å²) in [5.74, 6) is -0.233. The molecule has 2 aromatic carbocycles. The molecule has 1 aliphatic heterocycles. The van der Waals surface area contributed by atoms with Gasteiger partial charge in [0.05, 0.1) is 12.0 Å². The molecule has 0 radical (unpaired) electrons. The van der Waals surface area contributed by atoms with Gasteiger partial charge in [-0.2, -0.15) is 0 Å². The predicted octanol–water partition coefficient (Wildman–Crippen LogP) is 3.16. The van der Waals surface area contributed by atoms with E-state index in [1.54, 1.807) is 30.3 Å². The molecule has 2 fully saturated rings. The molecule has 6 nitrogen and oxygen atoms in total. The van der Waals surface area contributed by atoms with Crippen molar-refractivity contribution in [2.75, 3.05) is 6.61 Å². The number of hydrogen-bond donors (Lipinski definition) is 1. The minimum atomic E-state index is -0.826. The van der Waals surface area contributed by atoms with Crippen molar-refractivity contribution in [3.8, 4) is 5.75 Å². The lowest BCUT2D eigenvalue weighted by atomic mass is 9.91. The van der Waals surface area contributed by atoms with Crippen molar-refractivity contribution in [3.63, 3.8) is 0 Å². The maximum Gasteiger partial charge on any atom is 0.338 e. The Morgan fingerprint density at radius 2 is 1.83 bits per heavy atom. The van der Waals surface area contributed by atoms with Gasteiger partial charge in [0.15, 0.2) is 0 Å². The number of ether oxygens (including phenoxy) is 3. The van der Waals surface area contributed by atoms with Gasteiger partial charge in [0.1, 0.15) is 30.7 Å². The van der Waals surface area contributed by atoms with Gasteiger partial charge in [0.2, 0.25) is 0 Å². The number of carbonyl (C=O) groups is 2. The standard InChI is InChI=1S/C24H24O6/c25-17(15-28-18-9-5-2-6-10-18)11-12-19-20-13-23(26)29-22(20)14-21(19)30-24(27)16-7-3-1-4-8-16/h1-12,17,19-22,25H,13-15H2/t17-,19+,20+,21+,22-/m0/s1. The zero-order chi connectivity index (χ0) is 20.9. The molecule has 1 N–H and O–H groups in total. The number of para-hydroxylation sites is 1. The van der Waals surface area contributed by atoms with E-state index in [4.69, 9.17) is 14.2 Å². The minimum absolute atomic E-state index is 0.0652. The van der Waals surface area contributed by atoms with E-state index in [9.17, 15) is 14.7 Å². The van der Waals surface area contributed by atoms with E-state index in [1.165, 1.54) is 0 Å².